The summed E-state index contributed by atoms with van der Waals surface area (Å²) in [7, 11) is 1.60. The molecule has 2 N–H and O–H groups in total. The summed E-state index contributed by atoms with van der Waals surface area (Å²) in [5.74, 6) is -0.0212. The molecule has 0 bridgehead atoms. The SMILES string of the molecule is COCc1cc(=O)[nH]c2cc(NC(=O)C3(c4ccc(Cl)cc4)CCCC3)ccc12. The number of carbonyl (C=O) groups is 1. The molecule has 2 aromatic carbocycles. The second-order valence-corrected chi connectivity index (χ2v) is 8.04. The van der Waals surface area contributed by atoms with Gasteiger partial charge in [0.05, 0.1) is 17.5 Å². The topological polar surface area (TPSA) is 71.2 Å². The van der Waals surface area contributed by atoms with Gasteiger partial charge < -0.3 is 15.0 Å². The van der Waals surface area contributed by atoms with Gasteiger partial charge in [0.25, 0.3) is 0 Å². The molecule has 1 aromatic heterocycles. The van der Waals surface area contributed by atoms with Gasteiger partial charge in [-0.3, -0.25) is 9.59 Å². The first-order valence-electron chi connectivity index (χ1n) is 9.74. The predicted octanol–water partition coefficient (Wildman–Crippen LogP) is 4.78. The number of amides is 1. The van der Waals surface area contributed by atoms with Crippen LogP contribution in [0.3, 0.4) is 0 Å². The molecule has 0 radical (unpaired) electrons. The van der Waals surface area contributed by atoms with Crippen LogP contribution in [0.4, 0.5) is 5.69 Å². The Morgan fingerprint density at radius 1 is 1.14 bits per heavy atom. The zero-order chi connectivity index (χ0) is 20.4. The first-order chi connectivity index (χ1) is 14.0. The number of nitrogens with one attached hydrogen (secondary N) is 2. The van der Waals surface area contributed by atoms with E-state index in [0.717, 1.165) is 42.2 Å². The third-order valence-corrected chi connectivity index (χ3v) is 6.03. The lowest BCUT2D eigenvalue weighted by molar-refractivity contribution is -0.121. The predicted molar refractivity (Wildman–Crippen MR) is 116 cm³/mol. The van der Waals surface area contributed by atoms with Crippen LogP contribution in [0.5, 0.6) is 0 Å². The maximum absolute atomic E-state index is 13.4. The summed E-state index contributed by atoms with van der Waals surface area (Å²) in [6.07, 6.45) is 3.65. The van der Waals surface area contributed by atoms with E-state index in [0.29, 0.717) is 22.8 Å². The second-order valence-electron chi connectivity index (χ2n) is 7.60. The lowest BCUT2D eigenvalue weighted by Crippen LogP contribution is -2.38. The number of hydrogen-bond donors (Lipinski definition) is 2. The van der Waals surface area contributed by atoms with Crippen molar-refractivity contribution < 1.29 is 9.53 Å². The van der Waals surface area contributed by atoms with Crippen LogP contribution in [0.25, 0.3) is 10.9 Å². The average molecular weight is 411 g/mol. The number of carbonyl (C=O) groups excluding carboxylic acids is 1. The summed E-state index contributed by atoms with van der Waals surface area (Å²) in [6.45, 7) is 0.353. The lowest BCUT2D eigenvalue weighted by atomic mass is 9.78. The molecule has 6 heteroatoms. The third kappa shape index (κ3) is 3.80. The zero-order valence-electron chi connectivity index (χ0n) is 16.3. The van der Waals surface area contributed by atoms with Crippen molar-refractivity contribution in [3.63, 3.8) is 0 Å². The molecule has 1 fully saturated rings. The van der Waals surface area contributed by atoms with Gasteiger partial charge in [0.1, 0.15) is 0 Å². The highest BCUT2D eigenvalue weighted by Crippen LogP contribution is 2.42. The quantitative estimate of drug-likeness (QED) is 0.635. The molecule has 29 heavy (non-hydrogen) atoms. The fourth-order valence-electron chi connectivity index (χ4n) is 4.33. The van der Waals surface area contributed by atoms with Crippen LogP contribution in [0.15, 0.2) is 53.3 Å². The van der Waals surface area contributed by atoms with E-state index in [4.69, 9.17) is 16.3 Å². The van der Waals surface area contributed by atoms with Gasteiger partial charge in [0.2, 0.25) is 11.5 Å². The van der Waals surface area contributed by atoms with Crippen LogP contribution in [0.1, 0.15) is 36.8 Å². The molecule has 150 valence electrons. The highest BCUT2D eigenvalue weighted by molar-refractivity contribution is 6.30. The normalized spacial score (nSPS) is 15.5. The number of benzene rings is 2. The van der Waals surface area contributed by atoms with Gasteiger partial charge in [-0.15, -0.1) is 0 Å². The Bertz CT molecular complexity index is 1100. The number of fused-ring (bicyclic) bond motifs is 1. The number of H-pyrrole nitrogens is 1. The van der Waals surface area contributed by atoms with E-state index < -0.39 is 5.41 Å². The fraction of sp³-hybridized carbons (Fsp3) is 0.304. The molecule has 0 aliphatic heterocycles. The van der Waals surface area contributed by atoms with Crippen molar-refractivity contribution in [3.05, 3.63) is 75.0 Å². The van der Waals surface area contributed by atoms with Crippen molar-refractivity contribution in [1.29, 1.82) is 0 Å². The number of pyridine rings is 1. The van der Waals surface area contributed by atoms with Crippen LogP contribution >= 0.6 is 11.6 Å². The number of ether oxygens (including phenoxy) is 1. The van der Waals surface area contributed by atoms with Gasteiger partial charge in [-0.05, 0) is 48.2 Å². The first kappa shape index (κ1) is 19.7. The molecule has 1 aliphatic carbocycles. The smallest absolute Gasteiger partial charge is 0.248 e. The molecular weight excluding hydrogens is 388 g/mol. The van der Waals surface area contributed by atoms with E-state index >= 15 is 0 Å². The minimum absolute atomic E-state index is 0.0212. The molecule has 5 nitrogen and oxygen atoms in total. The zero-order valence-corrected chi connectivity index (χ0v) is 17.0. The highest BCUT2D eigenvalue weighted by Gasteiger charge is 2.42. The van der Waals surface area contributed by atoms with Gasteiger partial charge in [-0.25, -0.2) is 0 Å². The van der Waals surface area contributed by atoms with Crippen molar-refractivity contribution in [2.75, 3.05) is 12.4 Å². The van der Waals surface area contributed by atoms with Crippen LogP contribution in [0, 0.1) is 0 Å². The molecule has 4 rings (SSSR count). The second kappa shape index (κ2) is 8.01. The van der Waals surface area contributed by atoms with Gasteiger partial charge in [-0.2, -0.15) is 0 Å². The summed E-state index contributed by atoms with van der Waals surface area (Å²) in [5.41, 5.74) is 2.40. The van der Waals surface area contributed by atoms with Crippen molar-refractivity contribution in [1.82, 2.24) is 4.98 Å². The number of halogens is 1. The minimum Gasteiger partial charge on any atom is -0.380 e. The first-order valence-corrected chi connectivity index (χ1v) is 10.1. The number of aromatic amines is 1. The summed E-state index contributed by atoms with van der Waals surface area (Å²) in [6, 6.07) is 14.7. The Hall–Kier alpha value is -2.63. The van der Waals surface area contributed by atoms with E-state index in [9.17, 15) is 9.59 Å². The Labute approximate surface area is 174 Å². The molecule has 0 saturated heterocycles. The van der Waals surface area contributed by atoms with E-state index in [1.165, 1.54) is 6.07 Å². The van der Waals surface area contributed by atoms with E-state index in [1.807, 2.05) is 36.4 Å². The summed E-state index contributed by atoms with van der Waals surface area (Å²) in [4.78, 5) is 28.2. The highest BCUT2D eigenvalue weighted by atomic mass is 35.5. The minimum atomic E-state index is -0.551. The molecule has 0 atom stereocenters. The van der Waals surface area contributed by atoms with Crippen LogP contribution < -0.4 is 10.9 Å². The van der Waals surface area contributed by atoms with E-state index in [-0.39, 0.29) is 11.5 Å². The van der Waals surface area contributed by atoms with Gasteiger partial charge >= 0.3 is 0 Å². The van der Waals surface area contributed by atoms with Crippen LogP contribution in [-0.4, -0.2) is 18.0 Å². The van der Waals surface area contributed by atoms with E-state index in [1.54, 1.807) is 13.2 Å². The average Bonchev–Trinajstić information content (AvgIpc) is 3.19. The van der Waals surface area contributed by atoms with Crippen molar-refractivity contribution in [2.45, 2.75) is 37.7 Å². The van der Waals surface area contributed by atoms with Crippen molar-refractivity contribution in [3.8, 4) is 0 Å². The standard InChI is InChI=1S/C23H23ClN2O3/c1-29-14-15-12-21(27)26-20-13-18(8-9-19(15)20)25-22(28)23(10-2-3-11-23)16-4-6-17(24)7-5-16/h4-9,12-13H,2-3,10-11,14H2,1H3,(H,25,28)(H,26,27). The Balaban J connectivity index is 1.67. The number of anilines is 1. The number of aromatic nitrogens is 1. The molecule has 1 saturated carbocycles. The summed E-state index contributed by atoms with van der Waals surface area (Å²) < 4.78 is 5.19. The van der Waals surface area contributed by atoms with Gasteiger partial charge in [0.15, 0.2) is 0 Å². The molecule has 0 spiro atoms. The monoisotopic (exact) mass is 410 g/mol. The summed E-state index contributed by atoms with van der Waals surface area (Å²) in [5, 5.41) is 4.64. The van der Waals surface area contributed by atoms with E-state index in [2.05, 4.69) is 10.3 Å². The Kier molecular flexibility index (Phi) is 5.43. The Morgan fingerprint density at radius 2 is 1.86 bits per heavy atom. The largest absolute Gasteiger partial charge is 0.380 e. The van der Waals surface area contributed by atoms with Crippen LogP contribution in [0.2, 0.25) is 5.02 Å². The number of rotatable bonds is 5. The molecule has 1 amide bonds. The number of methoxy groups -OCH3 is 1. The number of hydrogen-bond acceptors (Lipinski definition) is 3. The fourth-order valence-corrected chi connectivity index (χ4v) is 4.46. The lowest BCUT2D eigenvalue weighted by Gasteiger charge is -2.28. The summed E-state index contributed by atoms with van der Waals surface area (Å²) >= 11 is 6.04. The molecule has 1 heterocycles. The molecule has 0 unspecified atom stereocenters. The van der Waals surface area contributed by atoms with Gasteiger partial charge in [-0.1, -0.05) is 42.6 Å². The third-order valence-electron chi connectivity index (χ3n) is 5.77. The van der Waals surface area contributed by atoms with Crippen molar-refractivity contribution >= 4 is 34.1 Å². The Morgan fingerprint density at radius 3 is 2.55 bits per heavy atom. The van der Waals surface area contributed by atoms with Crippen LogP contribution in [-0.2, 0) is 21.6 Å². The van der Waals surface area contributed by atoms with Crippen molar-refractivity contribution in [2.24, 2.45) is 0 Å². The molecule has 3 aromatic rings. The maximum Gasteiger partial charge on any atom is 0.248 e. The van der Waals surface area contributed by atoms with Gasteiger partial charge in [0, 0.05) is 29.3 Å². The molecular formula is C23H23ClN2O3. The maximum atomic E-state index is 13.4. The molecule has 1 aliphatic rings.